The lowest BCUT2D eigenvalue weighted by Gasteiger charge is -2.16. The zero-order valence-electron chi connectivity index (χ0n) is 10.0. The number of rotatable bonds is 1. The molecular formula is C13H13NO3S. The van der Waals surface area contributed by atoms with E-state index >= 15 is 0 Å². The molecule has 0 fully saturated rings. The van der Waals surface area contributed by atoms with E-state index in [0.717, 1.165) is 23.2 Å². The first-order chi connectivity index (χ1) is 8.56. The van der Waals surface area contributed by atoms with Gasteiger partial charge in [0.15, 0.2) is 15.6 Å². The van der Waals surface area contributed by atoms with Gasteiger partial charge in [-0.15, -0.1) is 0 Å². The fraction of sp³-hybridized carbons (Fsp3) is 0.308. The van der Waals surface area contributed by atoms with Crippen LogP contribution in [-0.2, 0) is 16.3 Å². The molecule has 0 atom stereocenters. The number of hydrogen-bond acceptors (Lipinski definition) is 4. The van der Waals surface area contributed by atoms with Crippen LogP contribution >= 0.6 is 0 Å². The molecule has 0 N–H and O–H groups in total. The lowest BCUT2D eigenvalue weighted by Crippen LogP contribution is -2.15. The van der Waals surface area contributed by atoms with E-state index in [-0.39, 0.29) is 5.75 Å². The van der Waals surface area contributed by atoms with Crippen molar-refractivity contribution in [2.75, 3.05) is 5.75 Å². The zero-order valence-corrected chi connectivity index (χ0v) is 10.8. The fourth-order valence-electron chi connectivity index (χ4n) is 2.29. The smallest absolute Gasteiger partial charge is 0.178 e. The Labute approximate surface area is 106 Å². The van der Waals surface area contributed by atoms with Crippen molar-refractivity contribution in [2.45, 2.75) is 24.7 Å². The van der Waals surface area contributed by atoms with Gasteiger partial charge in [0.1, 0.15) is 0 Å². The summed E-state index contributed by atoms with van der Waals surface area (Å²) < 4.78 is 29.0. The molecule has 18 heavy (non-hydrogen) atoms. The van der Waals surface area contributed by atoms with Crippen molar-refractivity contribution in [1.82, 2.24) is 5.16 Å². The van der Waals surface area contributed by atoms with Gasteiger partial charge in [0.05, 0.1) is 16.3 Å². The molecular weight excluding hydrogens is 250 g/mol. The molecule has 94 valence electrons. The van der Waals surface area contributed by atoms with Crippen LogP contribution in [0.4, 0.5) is 0 Å². The summed E-state index contributed by atoms with van der Waals surface area (Å²) in [7, 11) is -3.08. The topological polar surface area (TPSA) is 60.2 Å². The van der Waals surface area contributed by atoms with Gasteiger partial charge in [0.25, 0.3) is 0 Å². The normalized spacial score (nSPS) is 17.4. The molecule has 0 unspecified atom stereocenters. The second-order valence-electron chi connectivity index (χ2n) is 4.58. The van der Waals surface area contributed by atoms with Gasteiger partial charge in [-0.3, -0.25) is 0 Å². The van der Waals surface area contributed by atoms with E-state index in [0.29, 0.717) is 17.1 Å². The van der Waals surface area contributed by atoms with Gasteiger partial charge < -0.3 is 4.52 Å². The molecule has 0 saturated carbocycles. The number of aryl methyl sites for hydroxylation is 2. The molecule has 1 aromatic carbocycles. The Morgan fingerprint density at radius 3 is 2.83 bits per heavy atom. The monoisotopic (exact) mass is 263 g/mol. The number of benzene rings is 1. The van der Waals surface area contributed by atoms with Crippen LogP contribution in [0.15, 0.2) is 33.7 Å². The van der Waals surface area contributed by atoms with Crippen molar-refractivity contribution in [3.8, 4) is 11.3 Å². The maximum Gasteiger partial charge on any atom is 0.178 e. The summed E-state index contributed by atoms with van der Waals surface area (Å²) in [5.74, 6) is 0.930. The number of hydrogen-bond donors (Lipinski definition) is 0. The molecule has 5 heteroatoms. The van der Waals surface area contributed by atoms with Gasteiger partial charge in [0.2, 0.25) is 0 Å². The summed E-state index contributed by atoms with van der Waals surface area (Å²) in [4.78, 5) is 0.466. The molecule has 2 heterocycles. The molecule has 4 nitrogen and oxygen atoms in total. The Morgan fingerprint density at radius 2 is 2.11 bits per heavy atom. The first kappa shape index (κ1) is 11.5. The van der Waals surface area contributed by atoms with Crippen LogP contribution in [0.1, 0.15) is 17.7 Å². The summed E-state index contributed by atoms with van der Waals surface area (Å²) in [5, 5.41) is 3.84. The lowest BCUT2D eigenvalue weighted by molar-refractivity contribution is 0.427. The average molecular weight is 263 g/mol. The number of sulfone groups is 1. The predicted molar refractivity (Wildman–Crippen MR) is 67.0 cm³/mol. The van der Waals surface area contributed by atoms with Crippen LogP contribution in [0, 0.1) is 6.92 Å². The molecule has 0 aliphatic carbocycles. The third-order valence-electron chi connectivity index (χ3n) is 3.17. The Morgan fingerprint density at radius 1 is 1.28 bits per heavy atom. The van der Waals surface area contributed by atoms with Crippen LogP contribution in [0.3, 0.4) is 0 Å². The third kappa shape index (κ3) is 1.84. The van der Waals surface area contributed by atoms with Crippen LogP contribution < -0.4 is 0 Å². The zero-order chi connectivity index (χ0) is 12.8. The maximum atomic E-state index is 11.9. The first-order valence-electron chi connectivity index (χ1n) is 5.86. The molecule has 0 radical (unpaired) electrons. The Hall–Kier alpha value is -1.62. The van der Waals surface area contributed by atoms with E-state index in [1.807, 2.05) is 19.1 Å². The molecule has 0 saturated heterocycles. The Kier molecular flexibility index (Phi) is 2.52. The second kappa shape index (κ2) is 3.95. The van der Waals surface area contributed by atoms with E-state index in [4.69, 9.17) is 4.52 Å². The van der Waals surface area contributed by atoms with Crippen molar-refractivity contribution < 1.29 is 12.9 Å². The van der Waals surface area contributed by atoms with Gasteiger partial charge in [-0.25, -0.2) is 8.42 Å². The minimum Gasteiger partial charge on any atom is -0.356 e. The molecule has 1 aromatic heterocycles. The average Bonchev–Trinajstić information content (AvgIpc) is 2.75. The summed E-state index contributed by atoms with van der Waals surface area (Å²) in [6.07, 6.45) is 1.49. The second-order valence-corrected chi connectivity index (χ2v) is 6.66. The van der Waals surface area contributed by atoms with Crippen molar-refractivity contribution in [3.63, 3.8) is 0 Å². The minimum absolute atomic E-state index is 0.251. The maximum absolute atomic E-state index is 11.9. The number of nitrogens with zero attached hydrogens (tertiary/aromatic N) is 1. The van der Waals surface area contributed by atoms with Crippen molar-refractivity contribution in [3.05, 3.63) is 35.5 Å². The summed E-state index contributed by atoms with van der Waals surface area (Å²) in [6, 6.07) is 7.20. The Bertz CT molecular complexity index is 701. The van der Waals surface area contributed by atoms with E-state index in [2.05, 4.69) is 5.16 Å². The van der Waals surface area contributed by atoms with Gasteiger partial charge in [-0.2, -0.15) is 0 Å². The summed E-state index contributed by atoms with van der Waals surface area (Å²) in [5.41, 5.74) is 2.58. The largest absolute Gasteiger partial charge is 0.356 e. The van der Waals surface area contributed by atoms with E-state index in [9.17, 15) is 8.42 Å². The molecule has 1 aliphatic heterocycles. The number of aromatic nitrogens is 1. The third-order valence-corrected chi connectivity index (χ3v) is 5.06. The van der Waals surface area contributed by atoms with Crippen molar-refractivity contribution >= 4 is 9.84 Å². The van der Waals surface area contributed by atoms with Crippen LogP contribution in [0.25, 0.3) is 11.3 Å². The highest BCUT2D eigenvalue weighted by Crippen LogP contribution is 2.30. The molecule has 2 aromatic rings. The molecule has 0 spiro atoms. The predicted octanol–water partition coefficient (Wildman–Crippen LogP) is 2.37. The fourth-order valence-corrected chi connectivity index (χ4v) is 3.87. The van der Waals surface area contributed by atoms with E-state index in [1.54, 1.807) is 12.1 Å². The van der Waals surface area contributed by atoms with Crippen LogP contribution in [0.2, 0.25) is 0 Å². The molecule has 0 bridgehead atoms. The standard InChI is InChI=1S/C13H13NO3S/c1-9-7-12(17-14-9)10-4-5-13-11(8-10)3-2-6-18(13,15)16/h4-5,7-8H,2-3,6H2,1H3. The van der Waals surface area contributed by atoms with E-state index < -0.39 is 9.84 Å². The lowest BCUT2D eigenvalue weighted by atomic mass is 10.0. The molecule has 3 rings (SSSR count). The highest BCUT2D eigenvalue weighted by Gasteiger charge is 2.23. The summed E-state index contributed by atoms with van der Waals surface area (Å²) in [6.45, 7) is 1.86. The van der Waals surface area contributed by atoms with Crippen molar-refractivity contribution in [1.29, 1.82) is 0 Å². The SMILES string of the molecule is Cc1cc(-c2ccc3c(c2)CCCS3(=O)=O)on1. The van der Waals surface area contributed by atoms with Gasteiger partial charge in [-0.05, 0) is 43.5 Å². The highest BCUT2D eigenvalue weighted by atomic mass is 32.2. The minimum atomic E-state index is -3.08. The highest BCUT2D eigenvalue weighted by molar-refractivity contribution is 7.91. The van der Waals surface area contributed by atoms with E-state index in [1.165, 1.54) is 0 Å². The van der Waals surface area contributed by atoms with Crippen molar-refractivity contribution in [2.24, 2.45) is 0 Å². The molecule has 1 aliphatic rings. The van der Waals surface area contributed by atoms with Gasteiger partial charge in [0, 0.05) is 11.6 Å². The van der Waals surface area contributed by atoms with Crippen LogP contribution in [0.5, 0.6) is 0 Å². The Balaban J connectivity index is 2.12. The first-order valence-corrected chi connectivity index (χ1v) is 7.51. The quantitative estimate of drug-likeness (QED) is 0.792. The number of fused-ring (bicyclic) bond motifs is 1. The van der Waals surface area contributed by atoms with Gasteiger partial charge in [-0.1, -0.05) is 5.16 Å². The summed E-state index contributed by atoms with van der Waals surface area (Å²) >= 11 is 0. The molecule has 0 amide bonds. The van der Waals surface area contributed by atoms with Crippen LogP contribution in [-0.4, -0.2) is 19.3 Å². The van der Waals surface area contributed by atoms with Gasteiger partial charge >= 0.3 is 0 Å².